The second kappa shape index (κ2) is 5.87. The van der Waals surface area contributed by atoms with Crippen molar-refractivity contribution in [3.63, 3.8) is 0 Å². The molecule has 0 aliphatic rings. The van der Waals surface area contributed by atoms with Gasteiger partial charge in [0.2, 0.25) is 0 Å². The summed E-state index contributed by atoms with van der Waals surface area (Å²) in [4.78, 5) is 0. The van der Waals surface area contributed by atoms with Crippen molar-refractivity contribution in [3.05, 3.63) is 35.9 Å². The fraction of sp³-hybridized carbons (Fsp3) is 0.333. The highest BCUT2D eigenvalue weighted by Gasteiger charge is 2.03. The molecule has 5 heteroatoms. The van der Waals surface area contributed by atoms with E-state index in [1.165, 1.54) is 0 Å². The van der Waals surface area contributed by atoms with Gasteiger partial charge in [0, 0.05) is 6.04 Å². The standard InChI is InChI=1S/C9H12NO3S/c1-8(10-7-13-14(11)12)9-5-3-2-4-6-9/h2-6,8,10H,7H2,1H3/t8-/m1/s1. The molecule has 0 bridgehead atoms. The average Bonchev–Trinajstić information content (AvgIpc) is 2.18. The second-order valence-electron chi connectivity index (χ2n) is 2.80. The second-order valence-corrected chi connectivity index (χ2v) is 3.45. The minimum atomic E-state index is -2.45. The molecule has 0 heterocycles. The average molecular weight is 214 g/mol. The van der Waals surface area contributed by atoms with Gasteiger partial charge in [0.25, 0.3) is 0 Å². The fourth-order valence-electron chi connectivity index (χ4n) is 1.07. The van der Waals surface area contributed by atoms with E-state index in [4.69, 9.17) is 0 Å². The molecule has 1 aromatic carbocycles. The van der Waals surface area contributed by atoms with Gasteiger partial charge in [-0.3, -0.25) is 9.50 Å². The lowest BCUT2D eigenvalue weighted by molar-refractivity contribution is 0.249. The fourth-order valence-corrected chi connectivity index (χ4v) is 1.23. The molecule has 77 valence electrons. The van der Waals surface area contributed by atoms with Crippen molar-refractivity contribution in [1.82, 2.24) is 5.32 Å². The molecule has 0 aliphatic heterocycles. The van der Waals surface area contributed by atoms with Crippen molar-refractivity contribution in [2.75, 3.05) is 6.73 Å². The van der Waals surface area contributed by atoms with E-state index in [0.29, 0.717) is 0 Å². The maximum atomic E-state index is 10.1. The van der Waals surface area contributed by atoms with E-state index in [9.17, 15) is 8.76 Å². The van der Waals surface area contributed by atoms with Crippen LogP contribution in [0.3, 0.4) is 0 Å². The highest BCUT2D eigenvalue weighted by Crippen LogP contribution is 2.10. The van der Waals surface area contributed by atoms with Gasteiger partial charge in [0.1, 0.15) is 6.73 Å². The first-order valence-corrected chi connectivity index (χ1v) is 5.21. The Balaban J connectivity index is 2.36. The van der Waals surface area contributed by atoms with E-state index in [1.54, 1.807) is 0 Å². The molecular formula is C9H12NO3S. The highest BCUT2D eigenvalue weighted by atomic mass is 32.2. The molecule has 2 atom stereocenters. The smallest absolute Gasteiger partial charge is 0.287 e. The Bertz CT molecular complexity index is 291. The topological polar surface area (TPSA) is 58.2 Å². The van der Waals surface area contributed by atoms with Gasteiger partial charge in [-0.25, -0.2) is 0 Å². The first-order chi connectivity index (χ1) is 6.70. The summed E-state index contributed by atoms with van der Waals surface area (Å²) in [6.07, 6.45) is 0. The zero-order chi connectivity index (χ0) is 10.4. The number of benzene rings is 1. The molecular weight excluding hydrogens is 202 g/mol. The lowest BCUT2D eigenvalue weighted by atomic mass is 10.1. The van der Waals surface area contributed by atoms with Gasteiger partial charge in [-0.05, 0) is 12.5 Å². The summed E-state index contributed by atoms with van der Waals surface area (Å²) in [5, 5.41) is 2.91. The molecule has 0 saturated heterocycles. The summed E-state index contributed by atoms with van der Waals surface area (Å²) in [5.41, 5.74) is 1.09. The summed E-state index contributed by atoms with van der Waals surface area (Å²) in [7, 11) is 0. The molecule has 1 N–H and O–H groups in total. The van der Waals surface area contributed by atoms with E-state index in [0.717, 1.165) is 5.56 Å². The maximum absolute atomic E-state index is 10.1. The molecule has 4 nitrogen and oxygen atoms in total. The SMILES string of the molecule is C[C@@H](NCOS([O])=O)c1ccccc1. The quantitative estimate of drug-likeness (QED) is 0.752. The third-order valence-corrected chi connectivity index (χ3v) is 2.15. The molecule has 14 heavy (non-hydrogen) atoms. The molecule has 0 aliphatic carbocycles. The van der Waals surface area contributed by atoms with Gasteiger partial charge in [0.05, 0.1) is 0 Å². The minimum Gasteiger partial charge on any atom is -0.287 e. The van der Waals surface area contributed by atoms with E-state index >= 15 is 0 Å². The summed E-state index contributed by atoms with van der Waals surface area (Å²) < 4.78 is 24.4. The number of hydrogen-bond acceptors (Lipinski definition) is 3. The van der Waals surface area contributed by atoms with Gasteiger partial charge < -0.3 is 0 Å². The predicted octanol–water partition coefficient (Wildman–Crippen LogP) is 1.32. The van der Waals surface area contributed by atoms with Crippen molar-refractivity contribution in [1.29, 1.82) is 0 Å². The Hall–Kier alpha value is -0.750. The van der Waals surface area contributed by atoms with Crippen molar-refractivity contribution >= 4 is 11.4 Å². The summed E-state index contributed by atoms with van der Waals surface area (Å²) in [6.45, 7) is 1.93. The number of rotatable bonds is 5. The van der Waals surface area contributed by atoms with Gasteiger partial charge in [-0.15, -0.1) is 0 Å². The van der Waals surface area contributed by atoms with Crippen LogP contribution in [-0.4, -0.2) is 10.9 Å². The zero-order valence-electron chi connectivity index (χ0n) is 7.80. The minimum absolute atomic E-state index is 0.00777. The molecule has 1 aromatic rings. The van der Waals surface area contributed by atoms with Crippen molar-refractivity contribution in [3.8, 4) is 0 Å². The molecule has 0 fully saturated rings. The molecule has 0 spiro atoms. The third-order valence-electron chi connectivity index (χ3n) is 1.84. The van der Waals surface area contributed by atoms with Crippen LogP contribution < -0.4 is 5.32 Å². The van der Waals surface area contributed by atoms with Gasteiger partial charge in [-0.1, -0.05) is 34.9 Å². The Labute approximate surface area is 85.8 Å². The molecule has 1 rings (SSSR count). The van der Waals surface area contributed by atoms with Crippen LogP contribution in [0.4, 0.5) is 0 Å². The molecule has 1 radical (unpaired) electrons. The Morgan fingerprint density at radius 2 is 2.07 bits per heavy atom. The monoisotopic (exact) mass is 214 g/mol. The molecule has 0 saturated carbocycles. The van der Waals surface area contributed by atoms with Crippen LogP contribution in [0.1, 0.15) is 18.5 Å². The first-order valence-electron chi connectivity index (χ1n) is 4.21. The van der Waals surface area contributed by atoms with Crippen LogP contribution in [0.5, 0.6) is 0 Å². The summed E-state index contributed by atoms with van der Waals surface area (Å²) in [6, 6.07) is 9.79. The van der Waals surface area contributed by atoms with Gasteiger partial charge in [0.15, 0.2) is 0 Å². The van der Waals surface area contributed by atoms with Crippen LogP contribution >= 0.6 is 0 Å². The van der Waals surface area contributed by atoms with Crippen LogP contribution in [0, 0.1) is 0 Å². The van der Waals surface area contributed by atoms with Gasteiger partial charge >= 0.3 is 11.4 Å². The molecule has 0 aromatic heterocycles. The predicted molar refractivity (Wildman–Crippen MR) is 52.8 cm³/mol. The van der Waals surface area contributed by atoms with E-state index < -0.39 is 11.4 Å². The summed E-state index contributed by atoms with van der Waals surface area (Å²) in [5.74, 6) is 0. The Morgan fingerprint density at radius 3 is 2.64 bits per heavy atom. The van der Waals surface area contributed by atoms with Crippen LogP contribution in [0.15, 0.2) is 30.3 Å². The van der Waals surface area contributed by atoms with Crippen molar-refractivity contribution in [2.45, 2.75) is 13.0 Å². The highest BCUT2D eigenvalue weighted by molar-refractivity contribution is 7.73. The van der Waals surface area contributed by atoms with Gasteiger partial charge in [-0.2, -0.15) is 4.21 Å². The Morgan fingerprint density at radius 1 is 1.43 bits per heavy atom. The molecule has 1 unspecified atom stereocenters. The van der Waals surface area contributed by atoms with Crippen LogP contribution in [0.25, 0.3) is 0 Å². The lowest BCUT2D eigenvalue weighted by Gasteiger charge is -2.12. The maximum Gasteiger partial charge on any atom is 0.336 e. The molecule has 0 amide bonds. The normalized spacial score (nSPS) is 15.0. The summed E-state index contributed by atoms with van der Waals surface area (Å²) >= 11 is -2.45. The zero-order valence-corrected chi connectivity index (χ0v) is 8.62. The van der Waals surface area contributed by atoms with E-state index in [2.05, 4.69) is 9.50 Å². The largest absolute Gasteiger partial charge is 0.336 e. The third kappa shape index (κ3) is 3.97. The van der Waals surface area contributed by atoms with Crippen molar-refractivity contribution < 1.29 is 12.9 Å². The van der Waals surface area contributed by atoms with Crippen molar-refractivity contribution in [2.24, 2.45) is 0 Å². The van der Waals surface area contributed by atoms with Crippen LogP contribution in [0.2, 0.25) is 0 Å². The number of hydrogen-bond donors (Lipinski definition) is 1. The van der Waals surface area contributed by atoms with Crippen LogP contribution in [-0.2, 0) is 20.1 Å². The van der Waals surface area contributed by atoms with E-state index in [1.807, 2.05) is 37.3 Å². The Kier molecular flexibility index (Phi) is 4.75. The lowest BCUT2D eigenvalue weighted by Crippen LogP contribution is -2.22. The van der Waals surface area contributed by atoms with E-state index in [-0.39, 0.29) is 12.8 Å². The first kappa shape index (κ1) is 11.3. The number of nitrogens with one attached hydrogen (secondary N) is 1.